The van der Waals surface area contributed by atoms with Crippen LogP contribution in [0.5, 0.6) is 0 Å². The first-order valence-corrected chi connectivity index (χ1v) is 5.54. The summed E-state index contributed by atoms with van der Waals surface area (Å²) in [6, 6.07) is 1.14. The third kappa shape index (κ3) is 4.09. The molecule has 0 fully saturated rings. The second kappa shape index (κ2) is 6.92. The zero-order valence-corrected chi connectivity index (χ0v) is 10.2. The van der Waals surface area contributed by atoms with E-state index in [0.717, 1.165) is 10.6 Å². The predicted octanol–water partition coefficient (Wildman–Crippen LogP) is -1.44. The molecule has 0 bridgehead atoms. The lowest BCUT2D eigenvalue weighted by Crippen LogP contribution is -2.39. The molecule has 3 N–H and O–H groups in total. The van der Waals surface area contributed by atoms with Crippen LogP contribution >= 0.6 is 0 Å². The highest BCUT2D eigenvalue weighted by Gasteiger charge is 2.22. The van der Waals surface area contributed by atoms with Gasteiger partial charge in [0.05, 0.1) is 6.61 Å². The van der Waals surface area contributed by atoms with Crippen molar-refractivity contribution >= 4 is 0 Å². The molecule has 9 nitrogen and oxygen atoms in total. The van der Waals surface area contributed by atoms with E-state index in [4.69, 9.17) is 9.84 Å². The predicted molar refractivity (Wildman–Crippen MR) is 64.7 cm³/mol. The van der Waals surface area contributed by atoms with Gasteiger partial charge in [0.25, 0.3) is 5.56 Å². The van der Waals surface area contributed by atoms with Crippen molar-refractivity contribution in [3.05, 3.63) is 38.0 Å². The van der Waals surface area contributed by atoms with Gasteiger partial charge in [-0.15, -0.1) is 0 Å². The molecule has 0 radical (unpaired) electrons. The minimum absolute atomic E-state index is 0.432. The van der Waals surface area contributed by atoms with Crippen molar-refractivity contribution in [1.29, 1.82) is 0 Å². The van der Waals surface area contributed by atoms with Crippen LogP contribution in [0.4, 0.5) is 0 Å². The number of aliphatic hydroxyl groups is 2. The number of hydrogen-bond donors (Lipinski definition) is 3. The maximum Gasteiger partial charge on any atom is 0.330 e. The zero-order chi connectivity index (χ0) is 14.4. The van der Waals surface area contributed by atoms with Gasteiger partial charge < -0.3 is 14.9 Å². The fourth-order valence-electron chi connectivity index (χ4n) is 1.48. The molecule has 3 atom stereocenters. The number of aromatic nitrogens is 2. The van der Waals surface area contributed by atoms with E-state index in [-0.39, 0.29) is 0 Å². The van der Waals surface area contributed by atoms with E-state index in [1.807, 2.05) is 4.98 Å². The van der Waals surface area contributed by atoms with Gasteiger partial charge in [0.15, 0.2) is 0 Å². The number of aliphatic hydroxyl groups excluding tert-OH is 2. The summed E-state index contributed by atoms with van der Waals surface area (Å²) in [5.74, 6) is 0. The minimum Gasteiger partial charge on any atom is -0.394 e. The summed E-state index contributed by atoms with van der Waals surface area (Å²) in [7, 11) is 0. The highest BCUT2D eigenvalue weighted by atomic mass is 16.5. The van der Waals surface area contributed by atoms with E-state index < -0.39 is 42.8 Å². The molecule has 1 rings (SSSR count). The zero-order valence-electron chi connectivity index (χ0n) is 10.2. The quantitative estimate of drug-likeness (QED) is 0.521. The summed E-state index contributed by atoms with van der Waals surface area (Å²) < 4.78 is 6.34. The fraction of sp³-hybridized carbons (Fsp3) is 0.600. The van der Waals surface area contributed by atoms with Crippen LogP contribution in [0.3, 0.4) is 0 Å². The van der Waals surface area contributed by atoms with Crippen LogP contribution in [0.15, 0.2) is 27.0 Å². The minimum atomic E-state index is -1.27. The molecule has 9 heteroatoms. The maximum absolute atomic E-state index is 11.5. The Morgan fingerprint density at radius 2 is 2.21 bits per heavy atom. The molecule has 0 aliphatic carbocycles. The van der Waals surface area contributed by atoms with E-state index in [0.29, 0.717) is 0 Å². The third-order valence-electron chi connectivity index (χ3n) is 2.49. The van der Waals surface area contributed by atoms with Gasteiger partial charge in [0.2, 0.25) is 0 Å². The van der Waals surface area contributed by atoms with Crippen molar-refractivity contribution in [1.82, 2.24) is 9.55 Å². The smallest absolute Gasteiger partial charge is 0.330 e. The summed E-state index contributed by atoms with van der Waals surface area (Å²) in [5, 5.41) is 21.1. The Bertz CT molecular complexity index is 524. The van der Waals surface area contributed by atoms with Gasteiger partial charge in [0, 0.05) is 12.3 Å². The van der Waals surface area contributed by atoms with Gasteiger partial charge in [-0.2, -0.15) is 4.91 Å². The van der Waals surface area contributed by atoms with Gasteiger partial charge in [-0.1, -0.05) is 5.18 Å². The summed E-state index contributed by atoms with van der Waals surface area (Å²) in [4.78, 5) is 34.5. The molecule has 0 spiro atoms. The Balaban J connectivity index is 2.82. The molecule has 1 heterocycles. The molecule has 0 aliphatic rings. The fourth-order valence-corrected chi connectivity index (χ4v) is 1.48. The van der Waals surface area contributed by atoms with E-state index in [2.05, 4.69) is 5.18 Å². The largest absolute Gasteiger partial charge is 0.394 e. The summed E-state index contributed by atoms with van der Waals surface area (Å²) in [6.07, 6.45) is -1.96. The standard InChI is InChI=1S/C10H15N3O6/c1-6(13-3-2-9(16)12-10(13)17)19-8(5-14)7(15)4-11-18/h2-3,6-8,14-15H,4-5H2,1H3,(H,12,16,17)/t6?,7-,8-/m1/s1. The van der Waals surface area contributed by atoms with Crippen LogP contribution < -0.4 is 11.2 Å². The molecule has 106 valence electrons. The number of H-pyrrole nitrogens is 1. The van der Waals surface area contributed by atoms with Gasteiger partial charge in [-0.05, 0) is 6.92 Å². The molecule has 1 aromatic heterocycles. The van der Waals surface area contributed by atoms with E-state index in [1.54, 1.807) is 0 Å². The molecular formula is C10H15N3O6. The molecule has 0 aliphatic heterocycles. The van der Waals surface area contributed by atoms with E-state index in [9.17, 15) is 19.6 Å². The Hall–Kier alpha value is -1.84. The van der Waals surface area contributed by atoms with Crippen LogP contribution in [0.2, 0.25) is 0 Å². The summed E-state index contributed by atoms with van der Waals surface area (Å²) in [5.41, 5.74) is -1.22. The monoisotopic (exact) mass is 273 g/mol. The number of nitrogens with one attached hydrogen (secondary N) is 1. The highest BCUT2D eigenvalue weighted by molar-refractivity contribution is 4.84. The number of nitroso groups, excluding NO2 is 1. The van der Waals surface area contributed by atoms with Gasteiger partial charge in [-0.3, -0.25) is 14.3 Å². The molecule has 19 heavy (non-hydrogen) atoms. The Morgan fingerprint density at radius 1 is 1.53 bits per heavy atom. The number of rotatable bonds is 7. The lowest BCUT2D eigenvalue weighted by Gasteiger charge is -2.24. The summed E-state index contributed by atoms with van der Waals surface area (Å²) in [6.45, 7) is 0.515. The topological polar surface area (TPSA) is 134 Å². The Labute approximate surface area is 107 Å². The van der Waals surface area contributed by atoms with Crippen molar-refractivity contribution in [3.63, 3.8) is 0 Å². The van der Waals surface area contributed by atoms with Gasteiger partial charge in [-0.25, -0.2) is 4.79 Å². The van der Waals surface area contributed by atoms with Crippen molar-refractivity contribution in [2.24, 2.45) is 5.18 Å². The first-order chi connectivity index (χ1) is 8.99. The molecule has 0 amide bonds. The van der Waals surface area contributed by atoms with Gasteiger partial charge >= 0.3 is 5.69 Å². The van der Waals surface area contributed by atoms with Crippen molar-refractivity contribution in [2.75, 3.05) is 13.2 Å². The first-order valence-electron chi connectivity index (χ1n) is 5.54. The molecule has 1 aromatic rings. The van der Waals surface area contributed by atoms with Crippen LogP contribution in [0.25, 0.3) is 0 Å². The number of hydrogen-bond acceptors (Lipinski definition) is 7. The lowest BCUT2D eigenvalue weighted by atomic mass is 10.2. The molecular weight excluding hydrogens is 258 g/mol. The van der Waals surface area contributed by atoms with E-state index >= 15 is 0 Å². The third-order valence-corrected chi connectivity index (χ3v) is 2.49. The molecule has 0 saturated heterocycles. The van der Waals surface area contributed by atoms with Crippen molar-refractivity contribution in [3.8, 4) is 0 Å². The van der Waals surface area contributed by atoms with Crippen LogP contribution in [0, 0.1) is 4.91 Å². The second-order valence-corrected chi connectivity index (χ2v) is 3.85. The second-order valence-electron chi connectivity index (χ2n) is 3.85. The lowest BCUT2D eigenvalue weighted by molar-refractivity contribution is -0.115. The normalized spacial score (nSPS) is 15.7. The Kier molecular flexibility index (Phi) is 5.55. The van der Waals surface area contributed by atoms with Crippen LogP contribution in [-0.4, -0.2) is 45.1 Å². The molecule has 1 unspecified atom stereocenters. The average molecular weight is 273 g/mol. The maximum atomic E-state index is 11.5. The molecule has 0 saturated carbocycles. The molecule has 0 aromatic carbocycles. The SMILES string of the molecule is CC(O[C@H](CO)[C@H](O)CN=O)n1ccc(=O)[nH]c1=O. The average Bonchev–Trinajstić information content (AvgIpc) is 2.35. The summed E-state index contributed by atoms with van der Waals surface area (Å²) >= 11 is 0. The van der Waals surface area contributed by atoms with Gasteiger partial charge in [0.1, 0.15) is 25.0 Å². The number of aromatic amines is 1. The Morgan fingerprint density at radius 3 is 2.74 bits per heavy atom. The first kappa shape index (κ1) is 15.2. The number of ether oxygens (including phenoxy) is 1. The van der Waals surface area contributed by atoms with E-state index in [1.165, 1.54) is 13.1 Å². The van der Waals surface area contributed by atoms with Crippen molar-refractivity contribution in [2.45, 2.75) is 25.4 Å². The van der Waals surface area contributed by atoms with Crippen molar-refractivity contribution < 1.29 is 14.9 Å². The highest BCUT2D eigenvalue weighted by Crippen LogP contribution is 2.10. The van der Waals surface area contributed by atoms with Crippen LogP contribution in [-0.2, 0) is 4.74 Å². The van der Waals surface area contributed by atoms with Crippen LogP contribution in [0.1, 0.15) is 13.2 Å². The number of nitrogens with zero attached hydrogens (tertiary/aromatic N) is 2.